The van der Waals surface area contributed by atoms with Crippen molar-refractivity contribution in [3.05, 3.63) is 41.9 Å². The second-order valence-corrected chi connectivity index (χ2v) is 8.25. The van der Waals surface area contributed by atoms with Gasteiger partial charge in [-0.05, 0) is 49.8 Å². The monoisotopic (exact) mass is 471 g/mol. The lowest BCUT2D eigenvalue weighted by Gasteiger charge is -2.29. The highest BCUT2D eigenvalue weighted by Crippen LogP contribution is 2.27. The van der Waals surface area contributed by atoms with Gasteiger partial charge in [0.05, 0.1) is 24.7 Å². The van der Waals surface area contributed by atoms with Crippen LogP contribution in [0.1, 0.15) is 25.7 Å². The number of carbonyl (C=O) groups excluding carboxylic acids is 1. The van der Waals surface area contributed by atoms with Gasteiger partial charge in [-0.25, -0.2) is 24.7 Å². The highest BCUT2D eigenvalue weighted by Gasteiger charge is 2.21. The summed E-state index contributed by atoms with van der Waals surface area (Å²) < 4.78 is 4.73. The minimum absolute atomic E-state index is 0.0608. The lowest BCUT2D eigenvalue weighted by molar-refractivity contribution is 0.131. The maximum absolute atomic E-state index is 11.5. The first-order valence-corrected chi connectivity index (χ1v) is 11.3. The molecule has 1 aliphatic carbocycles. The summed E-state index contributed by atoms with van der Waals surface area (Å²) in [5, 5.41) is 19.3. The largest absolute Gasteiger partial charge is 0.447 e. The van der Waals surface area contributed by atoms with E-state index >= 15 is 0 Å². The van der Waals surface area contributed by atoms with Crippen LogP contribution in [0.25, 0.3) is 10.9 Å². The van der Waals surface area contributed by atoms with Crippen LogP contribution in [-0.4, -0.2) is 56.9 Å². The molecular weight excluding hydrogens is 446 g/mol. The van der Waals surface area contributed by atoms with Crippen LogP contribution in [0.4, 0.5) is 22.2 Å². The van der Waals surface area contributed by atoms with Crippen LogP contribution >= 0.6 is 11.6 Å². The van der Waals surface area contributed by atoms with E-state index in [-0.39, 0.29) is 13.2 Å². The third kappa shape index (κ3) is 6.39. The molecule has 11 heteroatoms. The molecule has 1 saturated carbocycles. The van der Waals surface area contributed by atoms with E-state index in [0.29, 0.717) is 34.3 Å². The van der Waals surface area contributed by atoms with Crippen molar-refractivity contribution < 1.29 is 14.6 Å². The normalized spacial score (nSPS) is 18.0. The van der Waals surface area contributed by atoms with Crippen molar-refractivity contribution >= 4 is 46.1 Å². The van der Waals surface area contributed by atoms with Crippen molar-refractivity contribution in [1.82, 2.24) is 19.9 Å². The summed E-state index contributed by atoms with van der Waals surface area (Å²) in [6.07, 6.45) is 8.30. The molecule has 174 valence electrons. The lowest BCUT2D eigenvalue weighted by Crippen LogP contribution is -2.29. The molecule has 0 spiro atoms. The molecule has 1 aliphatic rings. The number of nitrogens with zero attached hydrogens (tertiary/aromatic N) is 4. The Hall–Kier alpha value is -3.24. The van der Waals surface area contributed by atoms with Gasteiger partial charge in [0.2, 0.25) is 5.95 Å². The maximum atomic E-state index is 11.5. The molecule has 0 aliphatic heterocycles. The van der Waals surface area contributed by atoms with Gasteiger partial charge in [-0.2, -0.15) is 0 Å². The lowest BCUT2D eigenvalue weighted by atomic mass is 9.86. The Morgan fingerprint density at radius 2 is 1.91 bits per heavy atom. The Morgan fingerprint density at radius 3 is 2.67 bits per heavy atom. The minimum atomic E-state index is -0.655. The zero-order valence-electron chi connectivity index (χ0n) is 18.0. The number of amides is 1. The van der Waals surface area contributed by atoms with Gasteiger partial charge in [0, 0.05) is 24.2 Å². The zero-order chi connectivity index (χ0) is 23.0. The molecule has 1 amide bonds. The second-order valence-electron chi connectivity index (χ2n) is 7.89. The second kappa shape index (κ2) is 11.1. The predicted octanol–water partition coefficient (Wildman–Crippen LogP) is 3.70. The molecule has 1 fully saturated rings. The fourth-order valence-corrected chi connectivity index (χ4v) is 4.03. The van der Waals surface area contributed by atoms with Gasteiger partial charge < -0.3 is 20.5 Å². The standard InChI is InChI=1S/C22H26ClN7O3/c23-20-19-15(7-8-24-20)3-6-18(30-19)28-16-4-1-14(2-5-16)11-25-21-26-12-17(13-27-21)29-22(32)33-10-9-31/h3,6-8,12-14,16,31H,1-2,4-5,9-11H2,(H,28,30)(H,29,32)(H,25,26,27)/t14-,16-. The number of hydrogen-bond donors (Lipinski definition) is 4. The molecule has 33 heavy (non-hydrogen) atoms. The Labute approximate surface area is 196 Å². The van der Waals surface area contributed by atoms with Crippen molar-refractivity contribution in [2.24, 2.45) is 5.92 Å². The van der Waals surface area contributed by atoms with E-state index in [1.165, 1.54) is 12.4 Å². The van der Waals surface area contributed by atoms with E-state index in [0.717, 1.165) is 43.4 Å². The number of aromatic nitrogens is 4. The van der Waals surface area contributed by atoms with Crippen molar-refractivity contribution in [3.8, 4) is 0 Å². The number of nitrogens with one attached hydrogen (secondary N) is 3. The van der Waals surface area contributed by atoms with E-state index in [4.69, 9.17) is 21.4 Å². The molecule has 4 N–H and O–H groups in total. The maximum Gasteiger partial charge on any atom is 0.411 e. The van der Waals surface area contributed by atoms with Crippen LogP contribution in [0.15, 0.2) is 36.8 Å². The van der Waals surface area contributed by atoms with E-state index in [9.17, 15) is 4.79 Å². The molecule has 3 heterocycles. The van der Waals surface area contributed by atoms with Crippen molar-refractivity contribution in [2.45, 2.75) is 31.7 Å². The van der Waals surface area contributed by atoms with Crippen molar-refractivity contribution in [1.29, 1.82) is 0 Å². The van der Waals surface area contributed by atoms with Gasteiger partial charge in [0.1, 0.15) is 17.9 Å². The van der Waals surface area contributed by atoms with Crippen LogP contribution in [0.5, 0.6) is 0 Å². The Bertz CT molecular complexity index is 1080. The van der Waals surface area contributed by atoms with Crippen LogP contribution < -0.4 is 16.0 Å². The van der Waals surface area contributed by atoms with Crippen LogP contribution in [0, 0.1) is 5.92 Å². The summed E-state index contributed by atoms with van der Waals surface area (Å²) in [5.41, 5.74) is 1.14. The first kappa shape index (κ1) is 22.9. The molecular formula is C22H26ClN7O3. The highest BCUT2D eigenvalue weighted by molar-refractivity contribution is 6.33. The molecule has 4 rings (SSSR count). The Morgan fingerprint density at radius 1 is 1.12 bits per heavy atom. The van der Waals surface area contributed by atoms with Crippen LogP contribution in [0.3, 0.4) is 0 Å². The fourth-order valence-electron chi connectivity index (χ4n) is 3.83. The summed E-state index contributed by atoms with van der Waals surface area (Å²) in [7, 11) is 0. The van der Waals surface area contributed by atoms with Gasteiger partial charge in [-0.1, -0.05) is 11.6 Å². The number of hydrogen-bond acceptors (Lipinski definition) is 9. The Kier molecular flexibility index (Phi) is 7.69. The van der Waals surface area contributed by atoms with E-state index in [1.807, 2.05) is 18.2 Å². The molecule has 0 radical (unpaired) electrons. The van der Waals surface area contributed by atoms with Crippen LogP contribution in [-0.2, 0) is 4.74 Å². The topological polar surface area (TPSA) is 134 Å². The van der Waals surface area contributed by atoms with Gasteiger partial charge >= 0.3 is 6.09 Å². The average molecular weight is 472 g/mol. The number of aliphatic hydroxyl groups excluding tert-OH is 1. The van der Waals surface area contributed by atoms with Gasteiger partial charge in [0.15, 0.2) is 5.15 Å². The number of aliphatic hydroxyl groups is 1. The first-order chi connectivity index (χ1) is 16.1. The molecule has 0 aromatic carbocycles. The minimum Gasteiger partial charge on any atom is -0.447 e. The van der Waals surface area contributed by atoms with E-state index in [1.54, 1.807) is 6.20 Å². The third-order valence-electron chi connectivity index (χ3n) is 5.53. The number of halogens is 1. The number of fused-ring (bicyclic) bond motifs is 1. The number of ether oxygens (including phenoxy) is 1. The van der Waals surface area contributed by atoms with E-state index < -0.39 is 6.09 Å². The average Bonchev–Trinajstić information content (AvgIpc) is 2.84. The number of carbonyl (C=O) groups is 1. The SMILES string of the molecule is O=C(Nc1cnc(NC[C@H]2CC[C@H](Nc3ccc4ccnc(Cl)c4n3)CC2)nc1)OCCO. The summed E-state index contributed by atoms with van der Waals surface area (Å²) in [4.78, 5) is 28.6. The number of anilines is 3. The Balaban J connectivity index is 1.20. The van der Waals surface area contributed by atoms with Crippen molar-refractivity contribution in [2.75, 3.05) is 35.7 Å². The summed E-state index contributed by atoms with van der Waals surface area (Å²) in [6.45, 7) is 0.500. The smallest absolute Gasteiger partial charge is 0.411 e. The van der Waals surface area contributed by atoms with E-state index in [2.05, 4.69) is 35.9 Å². The molecule has 10 nitrogen and oxygen atoms in total. The van der Waals surface area contributed by atoms with Gasteiger partial charge in [0.25, 0.3) is 0 Å². The molecule has 0 atom stereocenters. The quantitative estimate of drug-likeness (QED) is 0.362. The third-order valence-corrected chi connectivity index (χ3v) is 5.81. The van der Waals surface area contributed by atoms with Crippen molar-refractivity contribution in [3.63, 3.8) is 0 Å². The first-order valence-electron chi connectivity index (χ1n) is 10.9. The molecule has 3 aromatic heterocycles. The molecule has 0 bridgehead atoms. The number of rotatable bonds is 8. The summed E-state index contributed by atoms with van der Waals surface area (Å²) in [5.74, 6) is 1.86. The molecule has 0 saturated heterocycles. The fraction of sp³-hybridized carbons (Fsp3) is 0.409. The highest BCUT2D eigenvalue weighted by atomic mass is 35.5. The molecule has 3 aromatic rings. The van der Waals surface area contributed by atoms with Gasteiger partial charge in [-0.3, -0.25) is 5.32 Å². The summed E-state index contributed by atoms with van der Waals surface area (Å²) >= 11 is 6.17. The summed E-state index contributed by atoms with van der Waals surface area (Å²) in [6, 6.07) is 6.26. The number of pyridine rings is 2. The van der Waals surface area contributed by atoms with Gasteiger partial charge in [-0.15, -0.1) is 0 Å². The molecule has 0 unspecified atom stereocenters. The van der Waals surface area contributed by atoms with Crippen LogP contribution in [0.2, 0.25) is 5.15 Å². The predicted molar refractivity (Wildman–Crippen MR) is 126 cm³/mol. The zero-order valence-corrected chi connectivity index (χ0v) is 18.8.